The molecule has 0 bridgehead atoms. The first-order valence-corrected chi connectivity index (χ1v) is 17.1. The molecule has 45 heavy (non-hydrogen) atoms. The molecule has 3 aliphatic rings. The fourth-order valence-corrected chi connectivity index (χ4v) is 8.27. The molecule has 0 saturated heterocycles. The van der Waals surface area contributed by atoms with Gasteiger partial charge in [0.15, 0.2) is 0 Å². The van der Waals surface area contributed by atoms with Crippen molar-refractivity contribution >= 4 is 50.1 Å². The standard InChI is InChI=1S/C43H37NS/c1-30-25-36(21-23-39(30)33-17-9-4-10-18-33)44(37-22-24-43-41(29-37)40-19-11-12-20-42(40)45-43)38-27-34(31-13-5-2-6-14-31)26-35(28-38)32-15-7-3-8-16-32/h2,4-7,9-10,12-17,20-29,33H,3,8,11,18-19H2,1H3. The van der Waals surface area contributed by atoms with Crippen molar-refractivity contribution in [1.29, 1.82) is 0 Å². The predicted octanol–water partition coefficient (Wildman–Crippen LogP) is 12.6. The van der Waals surface area contributed by atoms with Gasteiger partial charge in [-0.1, -0.05) is 85.0 Å². The van der Waals surface area contributed by atoms with E-state index in [0.717, 1.165) is 32.1 Å². The molecule has 8 rings (SSSR count). The summed E-state index contributed by atoms with van der Waals surface area (Å²) in [6.45, 7) is 2.28. The molecule has 0 aliphatic heterocycles. The lowest BCUT2D eigenvalue weighted by Crippen LogP contribution is -2.12. The molecule has 0 fully saturated rings. The Balaban J connectivity index is 1.33. The Labute approximate surface area is 270 Å². The number of hydrogen-bond donors (Lipinski definition) is 0. The Morgan fingerprint density at radius 2 is 1.53 bits per heavy atom. The van der Waals surface area contributed by atoms with Gasteiger partial charge >= 0.3 is 0 Å². The highest BCUT2D eigenvalue weighted by molar-refractivity contribution is 7.20. The predicted molar refractivity (Wildman–Crippen MR) is 196 cm³/mol. The normalized spacial score (nSPS) is 17.0. The third-order valence-electron chi connectivity index (χ3n) is 9.40. The lowest BCUT2D eigenvalue weighted by atomic mass is 9.89. The van der Waals surface area contributed by atoms with Crippen LogP contribution in [0.25, 0.3) is 32.9 Å². The van der Waals surface area contributed by atoms with Crippen LogP contribution in [0.4, 0.5) is 17.1 Å². The molecule has 4 aromatic carbocycles. The second-order valence-corrected chi connectivity index (χ2v) is 13.5. The van der Waals surface area contributed by atoms with E-state index in [1.54, 1.807) is 0 Å². The number of allylic oxidation sites excluding steroid dienone is 9. The van der Waals surface area contributed by atoms with Gasteiger partial charge in [-0.2, -0.15) is 0 Å². The number of benzene rings is 4. The van der Waals surface area contributed by atoms with E-state index < -0.39 is 0 Å². The number of nitrogens with zero attached hydrogens (tertiary/aromatic N) is 1. The Morgan fingerprint density at radius 3 is 2.36 bits per heavy atom. The van der Waals surface area contributed by atoms with Crippen LogP contribution >= 0.6 is 11.3 Å². The number of aryl methyl sites for hydroxylation is 2. The minimum absolute atomic E-state index is 0.428. The van der Waals surface area contributed by atoms with Crippen molar-refractivity contribution in [2.24, 2.45) is 0 Å². The maximum atomic E-state index is 2.48. The number of hydrogen-bond acceptors (Lipinski definition) is 2. The Hall–Kier alpha value is -4.66. The average molecular weight is 600 g/mol. The van der Waals surface area contributed by atoms with Gasteiger partial charge in [0.2, 0.25) is 0 Å². The molecule has 5 aromatic rings. The van der Waals surface area contributed by atoms with Crippen LogP contribution in [0, 0.1) is 6.92 Å². The lowest BCUT2D eigenvalue weighted by molar-refractivity contribution is 0.845. The summed E-state index contributed by atoms with van der Waals surface area (Å²) in [7, 11) is 0. The van der Waals surface area contributed by atoms with Crippen molar-refractivity contribution in [2.45, 2.75) is 44.9 Å². The van der Waals surface area contributed by atoms with Crippen molar-refractivity contribution in [3.05, 3.63) is 161 Å². The summed E-state index contributed by atoms with van der Waals surface area (Å²) in [4.78, 5) is 3.90. The van der Waals surface area contributed by atoms with Gasteiger partial charge in [-0.3, -0.25) is 0 Å². The summed E-state index contributed by atoms with van der Waals surface area (Å²) >= 11 is 1.92. The van der Waals surface area contributed by atoms with Gasteiger partial charge in [-0.25, -0.2) is 0 Å². The molecule has 3 aliphatic carbocycles. The van der Waals surface area contributed by atoms with Gasteiger partial charge in [-0.05, 0) is 138 Å². The van der Waals surface area contributed by atoms with Crippen LogP contribution in [-0.2, 0) is 6.42 Å². The molecule has 1 atom stereocenters. The largest absolute Gasteiger partial charge is 0.310 e. The summed E-state index contributed by atoms with van der Waals surface area (Å²) in [5, 5.41) is 1.40. The average Bonchev–Trinajstić information content (AvgIpc) is 3.48. The third kappa shape index (κ3) is 5.45. The van der Waals surface area contributed by atoms with E-state index >= 15 is 0 Å². The highest BCUT2D eigenvalue weighted by Gasteiger charge is 2.21. The van der Waals surface area contributed by atoms with Crippen LogP contribution in [0.15, 0.2) is 134 Å². The van der Waals surface area contributed by atoms with E-state index in [4.69, 9.17) is 0 Å². The first kappa shape index (κ1) is 27.9. The zero-order valence-corrected chi connectivity index (χ0v) is 26.6. The van der Waals surface area contributed by atoms with Crippen molar-refractivity contribution < 1.29 is 0 Å². The monoisotopic (exact) mass is 599 g/mol. The fraction of sp³-hybridized carbons (Fsp3) is 0.163. The summed E-state index contributed by atoms with van der Waals surface area (Å²) in [6, 6.07) is 32.1. The molecule has 2 heteroatoms. The van der Waals surface area contributed by atoms with Gasteiger partial charge in [-0.15, -0.1) is 11.3 Å². The molecule has 0 N–H and O–H groups in total. The SMILES string of the molecule is Cc1cc(N(c2cc(C3=CCCC=C3)cc(-c3ccccc3)c2)c2ccc3sc4c(c3c2)CCC=C4)ccc1C1C=CC=CC1. The van der Waals surface area contributed by atoms with Gasteiger partial charge in [0.25, 0.3) is 0 Å². The second kappa shape index (κ2) is 12.0. The highest BCUT2D eigenvalue weighted by atomic mass is 32.1. The van der Waals surface area contributed by atoms with E-state index in [1.165, 1.54) is 71.0 Å². The molecule has 0 saturated carbocycles. The van der Waals surface area contributed by atoms with Crippen LogP contribution in [-0.4, -0.2) is 0 Å². The molecular weight excluding hydrogens is 563 g/mol. The Bertz CT molecular complexity index is 2050. The molecule has 0 radical (unpaired) electrons. The van der Waals surface area contributed by atoms with E-state index in [2.05, 4.69) is 151 Å². The fourth-order valence-electron chi connectivity index (χ4n) is 7.11. The number of fused-ring (bicyclic) bond motifs is 3. The van der Waals surface area contributed by atoms with Gasteiger partial charge in [0, 0.05) is 32.6 Å². The molecule has 1 unspecified atom stereocenters. The summed E-state index contributed by atoms with van der Waals surface area (Å²) < 4.78 is 1.37. The van der Waals surface area contributed by atoms with Crippen molar-refractivity contribution in [1.82, 2.24) is 0 Å². The van der Waals surface area contributed by atoms with Crippen molar-refractivity contribution in [2.75, 3.05) is 4.90 Å². The van der Waals surface area contributed by atoms with Gasteiger partial charge in [0.05, 0.1) is 0 Å². The third-order valence-corrected chi connectivity index (χ3v) is 10.6. The lowest BCUT2D eigenvalue weighted by Gasteiger charge is -2.28. The van der Waals surface area contributed by atoms with Crippen LogP contribution in [0.1, 0.15) is 58.7 Å². The quantitative estimate of drug-likeness (QED) is 0.188. The minimum atomic E-state index is 0.428. The Morgan fingerprint density at radius 1 is 0.689 bits per heavy atom. The first-order chi connectivity index (χ1) is 22.2. The van der Waals surface area contributed by atoms with Crippen LogP contribution in [0.2, 0.25) is 0 Å². The highest BCUT2D eigenvalue weighted by Crippen LogP contribution is 2.44. The zero-order chi connectivity index (χ0) is 30.2. The van der Waals surface area contributed by atoms with Gasteiger partial charge < -0.3 is 4.90 Å². The summed E-state index contributed by atoms with van der Waals surface area (Å²) in [5.41, 5.74) is 12.9. The molecule has 1 heterocycles. The second-order valence-electron chi connectivity index (χ2n) is 12.4. The van der Waals surface area contributed by atoms with Gasteiger partial charge in [0.1, 0.15) is 0 Å². The molecule has 0 amide bonds. The van der Waals surface area contributed by atoms with Crippen LogP contribution in [0.5, 0.6) is 0 Å². The number of rotatable bonds is 6. The Kier molecular flexibility index (Phi) is 7.45. The van der Waals surface area contributed by atoms with E-state index in [1.807, 2.05) is 11.3 Å². The smallest absolute Gasteiger partial charge is 0.0473 e. The van der Waals surface area contributed by atoms with Crippen molar-refractivity contribution in [3.8, 4) is 11.1 Å². The molecule has 220 valence electrons. The molecular formula is C43H37NS. The van der Waals surface area contributed by atoms with Crippen molar-refractivity contribution in [3.63, 3.8) is 0 Å². The maximum Gasteiger partial charge on any atom is 0.0473 e. The number of anilines is 3. The zero-order valence-electron chi connectivity index (χ0n) is 25.7. The number of thiophene rings is 1. The van der Waals surface area contributed by atoms with E-state index in [0.29, 0.717) is 5.92 Å². The van der Waals surface area contributed by atoms with E-state index in [9.17, 15) is 0 Å². The summed E-state index contributed by atoms with van der Waals surface area (Å²) in [6.07, 6.45) is 26.1. The molecule has 1 nitrogen and oxygen atoms in total. The molecule has 1 aromatic heterocycles. The topological polar surface area (TPSA) is 3.24 Å². The first-order valence-electron chi connectivity index (χ1n) is 16.2. The van der Waals surface area contributed by atoms with E-state index in [-0.39, 0.29) is 0 Å². The van der Waals surface area contributed by atoms with Crippen LogP contribution < -0.4 is 4.90 Å². The summed E-state index contributed by atoms with van der Waals surface area (Å²) in [5.74, 6) is 0.428. The molecule has 0 spiro atoms. The maximum absolute atomic E-state index is 2.48. The minimum Gasteiger partial charge on any atom is -0.310 e. The van der Waals surface area contributed by atoms with Crippen LogP contribution in [0.3, 0.4) is 0 Å².